The highest BCUT2D eigenvalue weighted by atomic mass is 16.5. The number of nitrogens with two attached hydrogens (primary N) is 1. The van der Waals surface area contributed by atoms with Gasteiger partial charge in [-0.3, -0.25) is 0 Å². The molecule has 0 saturated carbocycles. The minimum absolute atomic E-state index is 0.258. The van der Waals surface area contributed by atoms with E-state index in [0.29, 0.717) is 24.8 Å². The molecule has 1 aromatic carbocycles. The Morgan fingerprint density at radius 1 is 1.50 bits per heavy atom. The molecule has 1 heterocycles. The fraction of sp³-hybridized carbons (Fsp3) is 0.571. The summed E-state index contributed by atoms with van der Waals surface area (Å²) in [5, 5.41) is 9.94. The predicted octanol–water partition coefficient (Wildman–Crippen LogP) is 1.87. The summed E-state index contributed by atoms with van der Waals surface area (Å²) >= 11 is 0. The van der Waals surface area contributed by atoms with Crippen LogP contribution in [0, 0.1) is 5.92 Å². The Labute approximate surface area is 108 Å². The van der Waals surface area contributed by atoms with Crippen molar-refractivity contribution in [3.63, 3.8) is 0 Å². The van der Waals surface area contributed by atoms with Crippen molar-refractivity contribution in [2.24, 2.45) is 5.92 Å². The van der Waals surface area contributed by atoms with Gasteiger partial charge in [0.2, 0.25) is 0 Å². The number of rotatable bonds is 3. The summed E-state index contributed by atoms with van der Waals surface area (Å²) in [6.07, 6.45) is 0.752. The monoisotopic (exact) mass is 250 g/mol. The van der Waals surface area contributed by atoms with E-state index in [9.17, 15) is 5.11 Å². The van der Waals surface area contributed by atoms with Crippen LogP contribution in [0.2, 0.25) is 0 Å². The van der Waals surface area contributed by atoms with Crippen molar-refractivity contribution in [2.45, 2.75) is 26.4 Å². The van der Waals surface area contributed by atoms with Crippen LogP contribution in [0.5, 0.6) is 5.75 Å². The van der Waals surface area contributed by atoms with Gasteiger partial charge in [0.05, 0.1) is 18.4 Å². The fourth-order valence-corrected chi connectivity index (χ4v) is 2.28. The van der Waals surface area contributed by atoms with E-state index in [-0.39, 0.29) is 6.10 Å². The van der Waals surface area contributed by atoms with E-state index in [1.807, 2.05) is 25.1 Å². The molecule has 1 aromatic rings. The molecule has 4 heteroatoms. The molecule has 0 amide bonds. The van der Waals surface area contributed by atoms with Gasteiger partial charge in [-0.2, -0.15) is 0 Å². The van der Waals surface area contributed by atoms with Crippen LogP contribution in [-0.2, 0) is 0 Å². The van der Waals surface area contributed by atoms with Crippen molar-refractivity contribution in [3.8, 4) is 5.75 Å². The number of anilines is 2. The van der Waals surface area contributed by atoms with Gasteiger partial charge in [-0.05, 0) is 31.4 Å². The van der Waals surface area contributed by atoms with E-state index in [4.69, 9.17) is 10.5 Å². The Morgan fingerprint density at radius 3 is 2.94 bits per heavy atom. The van der Waals surface area contributed by atoms with E-state index in [0.717, 1.165) is 24.4 Å². The molecular formula is C14H22N2O2. The summed E-state index contributed by atoms with van der Waals surface area (Å²) in [6, 6.07) is 5.81. The van der Waals surface area contributed by atoms with E-state index >= 15 is 0 Å². The molecule has 4 nitrogen and oxygen atoms in total. The summed E-state index contributed by atoms with van der Waals surface area (Å²) in [5.41, 5.74) is 7.59. The van der Waals surface area contributed by atoms with Gasteiger partial charge in [0.1, 0.15) is 5.75 Å². The summed E-state index contributed by atoms with van der Waals surface area (Å²) in [5.74, 6) is 1.10. The highest BCUT2D eigenvalue weighted by Crippen LogP contribution is 2.30. The maximum Gasteiger partial charge on any atom is 0.144 e. The van der Waals surface area contributed by atoms with Crippen LogP contribution in [0.15, 0.2) is 18.2 Å². The molecule has 2 rings (SSSR count). The first-order valence-corrected chi connectivity index (χ1v) is 6.57. The van der Waals surface area contributed by atoms with Crippen molar-refractivity contribution < 1.29 is 9.84 Å². The number of β-amino-alcohol motifs (C(OH)–C–C–N with tert-alkyl or cyclic N) is 1. The molecule has 1 saturated heterocycles. The lowest BCUT2D eigenvalue weighted by atomic mass is 9.95. The van der Waals surface area contributed by atoms with Crippen molar-refractivity contribution in [1.82, 2.24) is 0 Å². The molecule has 1 fully saturated rings. The maximum absolute atomic E-state index is 9.94. The average molecular weight is 250 g/mol. The van der Waals surface area contributed by atoms with Gasteiger partial charge in [-0.25, -0.2) is 0 Å². The lowest BCUT2D eigenvalue weighted by molar-refractivity contribution is 0.103. The molecule has 2 unspecified atom stereocenters. The third-order valence-corrected chi connectivity index (χ3v) is 3.58. The molecular weight excluding hydrogens is 228 g/mol. The van der Waals surface area contributed by atoms with Gasteiger partial charge in [-0.15, -0.1) is 0 Å². The minimum Gasteiger partial charge on any atom is -0.492 e. The zero-order valence-corrected chi connectivity index (χ0v) is 11.1. The van der Waals surface area contributed by atoms with Crippen molar-refractivity contribution in [3.05, 3.63) is 18.2 Å². The second kappa shape index (κ2) is 5.48. The molecule has 0 aromatic heterocycles. The first kappa shape index (κ1) is 13.0. The van der Waals surface area contributed by atoms with Crippen LogP contribution in [-0.4, -0.2) is 30.9 Å². The fourth-order valence-electron chi connectivity index (χ4n) is 2.28. The number of aliphatic hydroxyl groups excluding tert-OH is 1. The maximum atomic E-state index is 9.94. The number of aliphatic hydroxyl groups is 1. The van der Waals surface area contributed by atoms with Crippen LogP contribution in [0.1, 0.15) is 20.3 Å². The molecule has 2 atom stereocenters. The number of nitrogen functional groups attached to an aromatic ring is 1. The van der Waals surface area contributed by atoms with Crippen molar-refractivity contribution in [2.75, 3.05) is 30.3 Å². The van der Waals surface area contributed by atoms with Crippen LogP contribution in [0.4, 0.5) is 11.4 Å². The molecule has 3 N–H and O–H groups in total. The lowest BCUT2D eigenvalue weighted by Gasteiger charge is -2.36. The first-order valence-electron chi connectivity index (χ1n) is 6.57. The molecule has 0 spiro atoms. The summed E-state index contributed by atoms with van der Waals surface area (Å²) < 4.78 is 5.50. The highest BCUT2D eigenvalue weighted by Gasteiger charge is 2.24. The van der Waals surface area contributed by atoms with Gasteiger partial charge < -0.3 is 20.5 Å². The largest absolute Gasteiger partial charge is 0.492 e. The van der Waals surface area contributed by atoms with Gasteiger partial charge in [-0.1, -0.05) is 6.92 Å². The minimum atomic E-state index is -0.258. The number of hydrogen-bond acceptors (Lipinski definition) is 4. The van der Waals surface area contributed by atoms with Crippen molar-refractivity contribution in [1.29, 1.82) is 0 Å². The number of nitrogens with zero attached hydrogens (tertiary/aromatic N) is 1. The number of ether oxygens (including phenoxy) is 1. The Hall–Kier alpha value is -1.42. The third-order valence-electron chi connectivity index (χ3n) is 3.58. The normalized spacial score (nSPS) is 24.1. The predicted molar refractivity (Wildman–Crippen MR) is 74.0 cm³/mol. The second-order valence-electron chi connectivity index (χ2n) is 4.93. The van der Waals surface area contributed by atoms with E-state index in [1.165, 1.54) is 0 Å². The second-order valence-corrected chi connectivity index (χ2v) is 4.93. The quantitative estimate of drug-likeness (QED) is 0.804. The van der Waals surface area contributed by atoms with E-state index in [1.54, 1.807) is 0 Å². The first-order chi connectivity index (χ1) is 8.61. The SMILES string of the molecule is CCOc1cc(N2CCC(C)C(O)C2)ccc1N. The average Bonchev–Trinajstić information content (AvgIpc) is 2.36. The van der Waals surface area contributed by atoms with Crippen LogP contribution in [0.25, 0.3) is 0 Å². The molecule has 0 aliphatic carbocycles. The number of hydrogen-bond donors (Lipinski definition) is 2. The van der Waals surface area contributed by atoms with Crippen molar-refractivity contribution >= 4 is 11.4 Å². The Balaban J connectivity index is 2.15. The standard InChI is InChI=1S/C14H22N2O2/c1-3-18-14-8-11(4-5-12(14)15)16-7-6-10(2)13(17)9-16/h4-5,8,10,13,17H,3,6-7,9,15H2,1-2H3. The number of piperidine rings is 1. The zero-order chi connectivity index (χ0) is 13.1. The van der Waals surface area contributed by atoms with Gasteiger partial charge in [0.25, 0.3) is 0 Å². The smallest absolute Gasteiger partial charge is 0.144 e. The Bertz CT molecular complexity index is 409. The van der Waals surface area contributed by atoms with Gasteiger partial charge >= 0.3 is 0 Å². The molecule has 0 bridgehead atoms. The zero-order valence-electron chi connectivity index (χ0n) is 11.1. The van der Waals surface area contributed by atoms with Gasteiger partial charge in [0, 0.05) is 24.8 Å². The summed E-state index contributed by atoms with van der Waals surface area (Å²) in [7, 11) is 0. The third kappa shape index (κ3) is 2.70. The van der Waals surface area contributed by atoms with Crippen LogP contribution < -0.4 is 15.4 Å². The molecule has 18 heavy (non-hydrogen) atoms. The summed E-state index contributed by atoms with van der Waals surface area (Å²) in [6.45, 7) is 6.28. The Morgan fingerprint density at radius 2 is 2.28 bits per heavy atom. The Kier molecular flexibility index (Phi) is 3.97. The van der Waals surface area contributed by atoms with Crippen LogP contribution in [0.3, 0.4) is 0 Å². The lowest BCUT2D eigenvalue weighted by Crippen LogP contribution is -2.42. The topological polar surface area (TPSA) is 58.7 Å². The van der Waals surface area contributed by atoms with E-state index in [2.05, 4.69) is 11.8 Å². The van der Waals surface area contributed by atoms with Gasteiger partial charge in [0.15, 0.2) is 0 Å². The molecule has 100 valence electrons. The van der Waals surface area contributed by atoms with E-state index < -0.39 is 0 Å². The molecule has 0 radical (unpaired) electrons. The molecule has 1 aliphatic heterocycles. The highest BCUT2D eigenvalue weighted by molar-refractivity contribution is 5.62. The summed E-state index contributed by atoms with van der Waals surface area (Å²) in [4.78, 5) is 2.19. The molecule has 1 aliphatic rings. The van der Waals surface area contributed by atoms with Crippen LogP contribution >= 0.6 is 0 Å². The number of benzene rings is 1.